The number of fused-ring (bicyclic) bond motifs is 1. The molecule has 0 spiro atoms. The maximum atomic E-state index is 13.3. The van der Waals surface area contributed by atoms with Crippen LogP contribution in [0.3, 0.4) is 0 Å². The third kappa shape index (κ3) is 4.67. The molecule has 1 atom stereocenters. The Morgan fingerprint density at radius 2 is 2.09 bits per heavy atom. The molecular weight excluding hydrogens is 445 g/mol. The first-order valence-corrected chi connectivity index (χ1v) is 10.3. The fourth-order valence-corrected chi connectivity index (χ4v) is 3.60. The van der Waals surface area contributed by atoms with Gasteiger partial charge in [-0.1, -0.05) is 23.7 Å². The van der Waals surface area contributed by atoms with Crippen molar-refractivity contribution in [2.24, 2.45) is 0 Å². The summed E-state index contributed by atoms with van der Waals surface area (Å²) in [4.78, 5) is 12.7. The molecule has 1 amide bonds. The van der Waals surface area contributed by atoms with E-state index in [2.05, 4.69) is 15.7 Å². The number of carbonyl (C=O) groups is 1. The summed E-state index contributed by atoms with van der Waals surface area (Å²) in [6, 6.07) is 12.7. The second-order valence-corrected chi connectivity index (χ2v) is 7.82. The van der Waals surface area contributed by atoms with Crippen LogP contribution >= 0.6 is 11.6 Å². The number of hydrogen-bond acceptors (Lipinski definition) is 4. The average Bonchev–Trinajstić information content (AvgIpc) is 3.21. The Morgan fingerprint density at radius 1 is 1.28 bits per heavy atom. The summed E-state index contributed by atoms with van der Waals surface area (Å²) in [6.45, 7) is 2.83. The highest BCUT2D eigenvalue weighted by Crippen LogP contribution is 2.32. The Hall–Kier alpha value is -3.20. The second kappa shape index (κ2) is 8.74. The van der Waals surface area contributed by atoms with Crippen LogP contribution in [0.2, 0.25) is 5.02 Å². The fraction of sp³-hybridized carbons (Fsp3) is 0.273. The molecule has 32 heavy (non-hydrogen) atoms. The molecule has 6 nitrogen and oxygen atoms in total. The predicted octanol–water partition coefficient (Wildman–Crippen LogP) is 4.77. The van der Waals surface area contributed by atoms with Gasteiger partial charge in [0.15, 0.2) is 5.69 Å². The van der Waals surface area contributed by atoms with Gasteiger partial charge in [0.25, 0.3) is 0 Å². The summed E-state index contributed by atoms with van der Waals surface area (Å²) >= 11 is 5.98. The van der Waals surface area contributed by atoms with E-state index in [9.17, 15) is 18.0 Å². The zero-order valence-corrected chi connectivity index (χ0v) is 17.8. The zero-order chi connectivity index (χ0) is 22.9. The van der Waals surface area contributed by atoms with Crippen molar-refractivity contribution in [3.8, 4) is 11.4 Å². The number of aromatic nitrogens is 2. The molecule has 2 heterocycles. The van der Waals surface area contributed by atoms with Crippen molar-refractivity contribution < 1.29 is 22.7 Å². The van der Waals surface area contributed by atoms with E-state index in [1.807, 2.05) is 12.1 Å². The van der Waals surface area contributed by atoms with E-state index in [0.29, 0.717) is 29.6 Å². The summed E-state index contributed by atoms with van der Waals surface area (Å²) in [7, 11) is 0. The molecule has 4 rings (SSSR count). The topological polar surface area (TPSA) is 68.2 Å². The van der Waals surface area contributed by atoms with E-state index in [1.54, 1.807) is 31.2 Å². The summed E-state index contributed by atoms with van der Waals surface area (Å²) in [6.07, 6.45) is -4.62. The van der Waals surface area contributed by atoms with Crippen LogP contribution in [-0.4, -0.2) is 28.8 Å². The quantitative estimate of drug-likeness (QED) is 0.571. The lowest BCUT2D eigenvalue weighted by Crippen LogP contribution is -2.28. The highest BCUT2D eigenvalue weighted by molar-refractivity contribution is 6.30. The van der Waals surface area contributed by atoms with Crippen molar-refractivity contribution in [1.29, 1.82) is 0 Å². The van der Waals surface area contributed by atoms with Crippen LogP contribution in [0.15, 0.2) is 48.5 Å². The minimum Gasteiger partial charge on any atom is -0.490 e. The van der Waals surface area contributed by atoms with Gasteiger partial charge in [0.2, 0.25) is 5.91 Å². The van der Waals surface area contributed by atoms with Crippen LogP contribution in [0.25, 0.3) is 5.69 Å². The number of carbonyl (C=O) groups excluding carboxylic acids is 1. The van der Waals surface area contributed by atoms with E-state index in [1.165, 1.54) is 6.07 Å². The van der Waals surface area contributed by atoms with E-state index in [0.717, 1.165) is 22.0 Å². The molecule has 1 aromatic heterocycles. The van der Waals surface area contributed by atoms with Gasteiger partial charge in [-0.15, -0.1) is 0 Å². The normalized spacial score (nSPS) is 14.2. The van der Waals surface area contributed by atoms with Gasteiger partial charge < -0.3 is 15.4 Å². The minimum absolute atomic E-state index is 0.137. The van der Waals surface area contributed by atoms with Crippen LogP contribution in [0.4, 0.5) is 18.9 Å². The van der Waals surface area contributed by atoms with Crippen molar-refractivity contribution >= 4 is 23.2 Å². The smallest absolute Gasteiger partial charge is 0.435 e. The van der Waals surface area contributed by atoms with Gasteiger partial charge in [0.1, 0.15) is 12.4 Å². The third-order valence-electron chi connectivity index (χ3n) is 5.14. The lowest BCUT2D eigenvalue weighted by atomic mass is 9.99. The number of ether oxygens (including phenoxy) is 1. The summed E-state index contributed by atoms with van der Waals surface area (Å²) in [5, 5.41) is 9.96. The molecule has 10 heteroatoms. The van der Waals surface area contributed by atoms with Crippen molar-refractivity contribution in [3.05, 3.63) is 70.5 Å². The Kier molecular flexibility index (Phi) is 6.01. The first-order chi connectivity index (χ1) is 15.2. The van der Waals surface area contributed by atoms with Gasteiger partial charge in [-0.25, -0.2) is 4.68 Å². The first-order valence-electron chi connectivity index (χ1n) is 9.93. The molecular formula is C22H20ClF3N4O2. The van der Waals surface area contributed by atoms with Crippen molar-refractivity contribution in [3.63, 3.8) is 0 Å². The maximum Gasteiger partial charge on any atom is 0.435 e. The van der Waals surface area contributed by atoms with Gasteiger partial charge >= 0.3 is 6.18 Å². The molecule has 2 N–H and O–H groups in total. The van der Waals surface area contributed by atoms with E-state index in [4.69, 9.17) is 16.3 Å². The van der Waals surface area contributed by atoms with E-state index < -0.39 is 17.8 Å². The Balaban J connectivity index is 1.53. The zero-order valence-electron chi connectivity index (χ0n) is 17.0. The highest BCUT2D eigenvalue weighted by atomic mass is 35.5. The van der Waals surface area contributed by atoms with Crippen molar-refractivity contribution in [1.82, 2.24) is 15.1 Å². The van der Waals surface area contributed by atoms with Gasteiger partial charge in [0, 0.05) is 11.6 Å². The second-order valence-electron chi connectivity index (χ2n) is 7.38. The Labute approximate surface area is 187 Å². The SMILES string of the molecule is CC(C(=O)NCc1cc(C(F)(F)F)nn1-c1cccc(Cl)c1)c1ccc2c(c1)OCCN2. The molecule has 1 unspecified atom stereocenters. The Bertz CT molecular complexity index is 1150. The van der Waals surface area contributed by atoms with Crippen LogP contribution < -0.4 is 15.4 Å². The first kappa shape index (κ1) is 22.0. The number of rotatable bonds is 5. The number of hydrogen-bond donors (Lipinski definition) is 2. The van der Waals surface area contributed by atoms with Crippen LogP contribution in [-0.2, 0) is 17.5 Å². The number of alkyl halides is 3. The number of benzene rings is 2. The molecule has 0 fully saturated rings. The molecule has 0 radical (unpaired) electrons. The maximum absolute atomic E-state index is 13.3. The van der Waals surface area contributed by atoms with E-state index >= 15 is 0 Å². The standard InChI is InChI=1S/C22H20ClF3N4O2/c1-13(14-5-6-18-19(9-14)32-8-7-27-18)21(31)28-12-17-11-20(22(24,25)26)29-30(17)16-4-2-3-15(23)10-16/h2-6,9-11,13,27H,7-8,12H2,1H3,(H,28,31). The molecule has 0 bridgehead atoms. The van der Waals surface area contributed by atoms with Gasteiger partial charge in [0.05, 0.1) is 29.5 Å². The van der Waals surface area contributed by atoms with Gasteiger partial charge in [-0.05, 0) is 48.9 Å². The average molecular weight is 465 g/mol. The largest absolute Gasteiger partial charge is 0.490 e. The number of anilines is 1. The summed E-state index contributed by atoms with van der Waals surface area (Å²) < 4.78 is 46.5. The molecule has 0 saturated carbocycles. The van der Waals surface area contributed by atoms with Crippen molar-refractivity contribution in [2.45, 2.75) is 25.6 Å². The number of nitrogens with zero attached hydrogens (tertiary/aromatic N) is 2. The number of amides is 1. The van der Waals surface area contributed by atoms with E-state index in [-0.39, 0.29) is 18.1 Å². The fourth-order valence-electron chi connectivity index (χ4n) is 3.42. The highest BCUT2D eigenvalue weighted by Gasteiger charge is 2.35. The molecule has 1 aliphatic rings. The monoisotopic (exact) mass is 464 g/mol. The molecule has 0 saturated heterocycles. The number of nitrogens with one attached hydrogen (secondary N) is 2. The summed E-state index contributed by atoms with van der Waals surface area (Å²) in [5.74, 6) is -0.196. The third-order valence-corrected chi connectivity index (χ3v) is 5.38. The predicted molar refractivity (Wildman–Crippen MR) is 114 cm³/mol. The molecule has 168 valence electrons. The Morgan fingerprint density at radius 3 is 2.84 bits per heavy atom. The number of halogens is 4. The van der Waals surface area contributed by atoms with Crippen LogP contribution in [0.5, 0.6) is 5.75 Å². The summed E-state index contributed by atoms with van der Waals surface area (Å²) in [5.41, 5.74) is 1.10. The van der Waals surface area contributed by atoms with Gasteiger partial charge in [-0.3, -0.25) is 4.79 Å². The lowest BCUT2D eigenvalue weighted by Gasteiger charge is -2.21. The molecule has 0 aliphatic carbocycles. The van der Waals surface area contributed by atoms with Gasteiger partial charge in [-0.2, -0.15) is 18.3 Å². The lowest BCUT2D eigenvalue weighted by molar-refractivity contribution is -0.141. The molecule has 1 aliphatic heterocycles. The van der Waals surface area contributed by atoms with Crippen LogP contribution in [0.1, 0.15) is 29.8 Å². The minimum atomic E-state index is -4.62. The van der Waals surface area contributed by atoms with Crippen LogP contribution in [0, 0.1) is 0 Å². The molecule has 3 aromatic rings. The van der Waals surface area contributed by atoms with Crippen molar-refractivity contribution in [2.75, 3.05) is 18.5 Å². The molecule has 2 aromatic carbocycles.